The van der Waals surface area contributed by atoms with E-state index < -0.39 is 0 Å². The summed E-state index contributed by atoms with van der Waals surface area (Å²) in [5, 5.41) is 3.35. The van der Waals surface area contributed by atoms with Gasteiger partial charge in [-0.2, -0.15) is 0 Å². The van der Waals surface area contributed by atoms with E-state index in [1.165, 1.54) is 0 Å². The van der Waals surface area contributed by atoms with E-state index in [1.807, 2.05) is 66.6 Å². The van der Waals surface area contributed by atoms with Crippen LogP contribution in [0.15, 0.2) is 53.4 Å². The SMILES string of the molecule is COc1ccccc1/C=C1/SC2CCC(C(=O)NCc3ccccc3OC)CC2N(C)C1=O. The number of nitrogens with one attached hydrogen (secondary N) is 1. The standard InChI is InChI=1S/C26H30N2O4S/c1-28-20-14-18(25(29)27-16-19-9-5-7-11-22(19)32-3)12-13-23(20)33-24(26(28)30)15-17-8-4-6-10-21(17)31-2/h4-11,15,18,20,23H,12-14,16H2,1-3H3,(H,27,29)/b24-15+. The van der Waals surface area contributed by atoms with Crippen molar-refractivity contribution >= 4 is 29.7 Å². The van der Waals surface area contributed by atoms with Crippen molar-refractivity contribution in [2.75, 3.05) is 21.3 Å². The van der Waals surface area contributed by atoms with Crippen LogP contribution in [0.3, 0.4) is 0 Å². The Hall–Kier alpha value is -2.93. The summed E-state index contributed by atoms with van der Waals surface area (Å²) in [6, 6.07) is 15.4. The lowest BCUT2D eigenvalue weighted by Crippen LogP contribution is -2.52. The van der Waals surface area contributed by atoms with E-state index in [-0.39, 0.29) is 29.0 Å². The second-order valence-corrected chi connectivity index (χ2v) is 9.71. The monoisotopic (exact) mass is 466 g/mol. The maximum absolute atomic E-state index is 13.1. The van der Waals surface area contributed by atoms with Crippen LogP contribution in [-0.2, 0) is 16.1 Å². The maximum Gasteiger partial charge on any atom is 0.260 e. The van der Waals surface area contributed by atoms with Gasteiger partial charge in [0.1, 0.15) is 11.5 Å². The van der Waals surface area contributed by atoms with Gasteiger partial charge in [0.25, 0.3) is 5.91 Å². The summed E-state index contributed by atoms with van der Waals surface area (Å²) in [7, 11) is 5.12. The molecule has 0 aromatic heterocycles. The molecule has 0 bridgehead atoms. The molecule has 2 aromatic rings. The van der Waals surface area contributed by atoms with Gasteiger partial charge in [0.05, 0.1) is 19.1 Å². The van der Waals surface area contributed by atoms with Crippen molar-refractivity contribution in [2.45, 2.75) is 37.1 Å². The fraction of sp³-hybridized carbons (Fsp3) is 0.385. The third kappa shape index (κ3) is 5.03. The Morgan fingerprint density at radius 2 is 1.79 bits per heavy atom. The molecule has 2 amide bonds. The van der Waals surface area contributed by atoms with Crippen molar-refractivity contribution in [3.8, 4) is 11.5 Å². The lowest BCUT2D eigenvalue weighted by molar-refractivity contribution is -0.132. The molecule has 0 radical (unpaired) electrons. The van der Waals surface area contributed by atoms with Crippen LogP contribution in [0.25, 0.3) is 6.08 Å². The molecule has 1 heterocycles. The van der Waals surface area contributed by atoms with Crippen LogP contribution in [0, 0.1) is 5.92 Å². The highest BCUT2D eigenvalue weighted by molar-refractivity contribution is 8.04. The molecule has 1 aliphatic heterocycles. The minimum Gasteiger partial charge on any atom is -0.496 e. The van der Waals surface area contributed by atoms with Crippen molar-refractivity contribution in [1.29, 1.82) is 0 Å². The number of ether oxygens (including phenoxy) is 2. The minimum absolute atomic E-state index is 0.00207. The number of carbonyl (C=O) groups excluding carboxylic acids is 2. The first-order valence-corrected chi connectivity index (χ1v) is 12.1. The smallest absolute Gasteiger partial charge is 0.260 e. The van der Waals surface area contributed by atoms with Crippen LogP contribution in [0.2, 0.25) is 0 Å². The molecule has 7 heteroatoms. The zero-order valence-electron chi connectivity index (χ0n) is 19.2. The van der Waals surface area contributed by atoms with Gasteiger partial charge in [-0.15, -0.1) is 11.8 Å². The number of hydrogen-bond donors (Lipinski definition) is 1. The molecule has 1 saturated heterocycles. The molecule has 4 rings (SSSR count). The van der Waals surface area contributed by atoms with Crippen LogP contribution in [0.4, 0.5) is 0 Å². The van der Waals surface area contributed by atoms with Crippen molar-refractivity contribution in [3.63, 3.8) is 0 Å². The number of carbonyl (C=O) groups is 2. The fourth-order valence-electron chi connectivity index (χ4n) is 4.64. The summed E-state index contributed by atoms with van der Waals surface area (Å²) in [5.41, 5.74) is 1.85. The number of para-hydroxylation sites is 2. The first-order chi connectivity index (χ1) is 16.0. The number of methoxy groups -OCH3 is 2. The Morgan fingerprint density at radius 1 is 1.09 bits per heavy atom. The molecule has 33 heavy (non-hydrogen) atoms. The molecular weight excluding hydrogens is 436 g/mol. The molecule has 6 nitrogen and oxygen atoms in total. The normalized spacial score (nSPS) is 23.7. The lowest BCUT2D eigenvalue weighted by Gasteiger charge is -2.44. The molecule has 1 saturated carbocycles. The van der Waals surface area contributed by atoms with Crippen LogP contribution in [0.5, 0.6) is 11.5 Å². The minimum atomic E-state index is -0.100. The number of amides is 2. The average molecular weight is 467 g/mol. The van der Waals surface area contributed by atoms with Crippen LogP contribution in [-0.4, -0.2) is 49.3 Å². The van der Waals surface area contributed by atoms with Gasteiger partial charge >= 0.3 is 0 Å². The topological polar surface area (TPSA) is 67.9 Å². The summed E-state index contributed by atoms with van der Waals surface area (Å²) in [4.78, 5) is 28.6. The van der Waals surface area contributed by atoms with E-state index in [4.69, 9.17) is 9.47 Å². The fourth-order valence-corrected chi connectivity index (χ4v) is 6.11. The summed E-state index contributed by atoms with van der Waals surface area (Å²) in [6.45, 7) is 0.433. The largest absolute Gasteiger partial charge is 0.496 e. The van der Waals surface area contributed by atoms with Gasteiger partial charge in [0, 0.05) is 41.9 Å². The Labute approximate surface area is 199 Å². The second kappa shape index (κ2) is 10.3. The maximum atomic E-state index is 13.1. The number of rotatable bonds is 6. The van der Waals surface area contributed by atoms with Gasteiger partial charge < -0.3 is 19.7 Å². The van der Waals surface area contributed by atoms with Crippen LogP contribution in [0.1, 0.15) is 30.4 Å². The Bertz CT molecular complexity index is 1050. The van der Waals surface area contributed by atoms with Crippen LogP contribution >= 0.6 is 11.8 Å². The number of hydrogen-bond acceptors (Lipinski definition) is 5. The van der Waals surface area contributed by atoms with E-state index in [0.717, 1.165) is 40.4 Å². The zero-order chi connectivity index (χ0) is 23.4. The van der Waals surface area contributed by atoms with E-state index in [2.05, 4.69) is 5.32 Å². The van der Waals surface area contributed by atoms with E-state index in [1.54, 1.807) is 26.0 Å². The number of likely N-dealkylation sites (N-methyl/N-ethyl adjacent to an activating group) is 1. The van der Waals surface area contributed by atoms with E-state index in [9.17, 15) is 9.59 Å². The number of benzene rings is 2. The predicted molar refractivity (Wildman–Crippen MR) is 131 cm³/mol. The van der Waals surface area contributed by atoms with E-state index >= 15 is 0 Å². The van der Waals surface area contributed by atoms with Crippen LogP contribution < -0.4 is 14.8 Å². The van der Waals surface area contributed by atoms with E-state index in [0.29, 0.717) is 13.0 Å². The summed E-state index contributed by atoms with van der Waals surface area (Å²) < 4.78 is 10.8. The van der Waals surface area contributed by atoms with Gasteiger partial charge in [0.2, 0.25) is 5.91 Å². The Morgan fingerprint density at radius 3 is 2.55 bits per heavy atom. The number of thioether (sulfide) groups is 1. The number of nitrogens with zero attached hydrogens (tertiary/aromatic N) is 1. The quantitative estimate of drug-likeness (QED) is 0.649. The second-order valence-electron chi connectivity index (χ2n) is 8.43. The third-order valence-corrected chi connectivity index (χ3v) is 7.90. The molecule has 3 unspecified atom stereocenters. The average Bonchev–Trinajstić information content (AvgIpc) is 2.86. The highest BCUT2D eigenvalue weighted by Crippen LogP contribution is 2.43. The predicted octanol–water partition coefficient (Wildman–Crippen LogP) is 4.10. The third-order valence-electron chi connectivity index (χ3n) is 6.50. The highest BCUT2D eigenvalue weighted by Gasteiger charge is 2.42. The molecule has 3 atom stereocenters. The molecule has 2 aliphatic rings. The summed E-state index contributed by atoms with van der Waals surface area (Å²) in [5.74, 6) is 1.46. The first kappa shape index (κ1) is 23.2. The molecule has 1 aliphatic carbocycles. The molecule has 2 aromatic carbocycles. The van der Waals surface area contributed by atoms with Gasteiger partial charge in [-0.3, -0.25) is 9.59 Å². The van der Waals surface area contributed by atoms with Crippen molar-refractivity contribution < 1.29 is 19.1 Å². The molecule has 0 spiro atoms. The van der Waals surface area contributed by atoms with Gasteiger partial charge in [0.15, 0.2) is 0 Å². The first-order valence-electron chi connectivity index (χ1n) is 11.2. The number of fused-ring (bicyclic) bond motifs is 1. The summed E-state index contributed by atoms with van der Waals surface area (Å²) >= 11 is 1.64. The highest BCUT2D eigenvalue weighted by atomic mass is 32.2. The zero-order valence-corrected chi connectivity index (χ0v) is 20.1. The van der Waals surface area contributed by atoms with Crippen molar-refractivity contribution in [3.05, 3.63) is 64.6 Å². The molecule has 1 N–H and O–H groups in total. The van der Waals surface area contributed by atoms with Gasteiger partial charge in [-0.1, -0.05) is 36.4 Å². The Balaban J connectivity index is 1.41. The molecule has 2 fully saturated rings. The van der Waals surface area contributed by atoms with Gasteiger partial charge in [-0.05, 0) is 37.5 Å². The molecular formula is C26H30N2O4S. The van der Waals surface area contributed by atoms with Crippen molar-refractivity contribution in [1.82, 2.24) is 10.2 Å². The van der Waals surface area contributed by atoms with Gasteiger partial charge in [-0.25, -0.2) is 0 Å². The summed E-state index contributed by atoms with van der Waals surface area (Å²) in [6.07, 6.45) is 4.31. The Kier molecular flexibility index (Phi) is 7.28. The molecule has 174 valence electrons. The van der Waals surface area contributed by atoms with Crippen molar-refractivity contribution in [2.24, 2.45) is 5.92 Å². The lowest BCUT2D eigenvalue weighted by atomic mass is 9.83.